The smallest absolute Gasteiger partial charge is 0.113 e. The van der Waals surface area contributed by atoms with Gasteiger partial charge in [0.15, 0.2) is 0 Å². The maximum Gasteiger partial charge on any atom is 0.113 e. The quantitative estimate of drug-likeness (QED) is 0.877. The third-order valence-corrected chi connectivity index (χ3v) is 3.52. The summed E-state index contributed by atoms with van der Waals surface area (Å²) in [7, 11) is 1.75. The minimum Gasteiger partial charge on any atom is -0.380 e. The number of methoxy groups -OCH3 is 1. The molecule has 3 heteroatoms. The average molecular weight is 228 g/mol. The van der Waals surface area contributed by atoms with Gasteiger partial charge in [-0.05, 0) is 29.5 Å². The van der Waals surface area contributed by atoms with E-state index in [9.17, 15) is 0 Å². The molecular formula is C14H16N2O. The number of nitrogens with one attached hydrogen (secondary N) is 1. The number of H-pyrrole nitrogens is 1. The van der Waals surface area contributed by atoms with E-state index in [1.807, 2.05) is 12.4 Å². The van der Waals surface area contributed by atoms with Crippen LogP contribution in [0.5, 0.6) is 0 Å². The molecule has 0 radical (unpaired) electrons. The monoisotopic (exact) mass is 228 g/mol. The minimum absolute atomic E-state index is 0.428. The van der Waals surface area contributed by atoms with Crippen LogP contribution in [0.3, 0.4) is 0 Å². The minimum atomic E-state index is 0.428. The van der Waals surface area contributed by atoms with Crippen molar-refractivity contribution in [3.63, 3.8) is 0 Å². The van der Waals surface area contributed by atoms with Crippen LogP contribution in [-0.2, 0) is 17.8 Å². The van der Waals surface area contributed by atoms with Crippen LogP contribution in [0, 0.1) is 0 Å². The number of hydrogen-bond donors (Lipinski definition) is 1. The summed E-state index contributed by atoms with van der Waals surface area (Å²) in [5, 5.41) is 0. The first-order valence-corrected chi connectivity index (χ1v) is 5.99. The van der Waals surface area contributed by atoms with Gasteiger partial charge in [-0.1, -0.05) is 18.2 Å². The molecule has 1 atom stereocenters. The molecule has 1 N–H and O–H groups in total. The van der Waals surface area contributed by atoms with Gasteiger partial charge < -0.3 is 9.72 Å². The van der Waals surface area contributed by atoms with Crippen molar-refractivity contribution in [2.45, 2.75) is 25.4 Å². The van der Waals surface area contributed by atoms with Gasteiger partial charge in [0.2, 0.25) is 0 Å². The summed E-state index contributed by atoms with van der Waals surface area (Å²) in [5.74, 6) is 1.51. The molecule has 1 aromatic carbocycles. The molecule has 0 spiro atoms. The van der Waals surface area contributed by atoms with Gasteiger partial charge in [-0.3, -0.25) is 0 Å². The van der Waals surface area contributed by atoms with Crippen LogP contribution >= 0.6 is 0 Å². The summed E-state index contributed by atoms with van der Waals surface area (Å²) in [5.41, 5.74) is 4.18. The van der Waals surface area contributed by atoms with Gasteiger partial charge in [0.05, 0.1) is 6.61 Å². The molecule has 1 aromatic heterocycles. The van der Waals surface area contributed by atoms with Crippen molar-refractivity contribution < 1.29 is 4.74 Å². The summed E-state index contributed by atoms with van der Waals surface area (Å²) >= 11 is 0. The van der Waals surface area contributed by atoms with E-state index >= 15 is 0 Å². The lowest BCUT2D eigenvalue weighted by Crippen LogP contribution is -1.99. The lowest BCUT2D eigenvalue weighted by molar-refractivity contribution is 0.184. The summed E-state index contributed by atoms with van der Waals surface area (Å²) in [6.07, 6.45) is 5.99. The van der Waals surface area contributed by atoms with Gasteiger partial charge in [-0.15, -0.1) is 0 Å². The molecule has 0 unspecified atom stereocenters. The van der Waals surface area contributed by atoms with E-state index < -0.39 is 0 Å². The number of fused-ring (bicyclic) bond motifs is 1. The van der Waals surface area contributed by atoms with Crippen LogP contribution in [-0.4, -0.2) is 17.1 Å². The third-order valence-electron chi connectivity index (χ3n) is 3.52. The molecule has 0 saturated carbocycles. The topological polar surface area (TPSA) is 37.9 Å². The molecule has 0 aliphatic heterocycles. The Kier molecular flexibility index (Phi) is 2.69. The second-order valence-electron chi connectivity index (χ2n) is 4.48. The number of nitrogens with zero attached hydrogens (tertiary/aromatic N) is 1. The summed E-state index contributed by atoms with van der Waals surface area (Å²) in [6.45, 7) is 0.702. The molecule has 3 nitrogen and oxygen atoms in total. The SMILES string of the molecule is COCc1cccc2c1CC[C@H]2c1ncc[nH]1. The third kappa shape index (κ3) is 1.76. The first-order chi connectivity index (χ1) is 8.40. The average Bonchev–Trinajstić information content (AvgIpc) is 2.97. The molecule has 17 heavy (non-hydrogen) atoms. The second-order valence-corrected chi connectivity index (χ2v) is 4.48. The normalized spacial score (nSPS) is 18.3. The van der Waals surface area contributed by atoms with Crippen LogP contribution in [0.15, 0.2) is 30.6 Å². The van der Waals surface area contributed by atoms with Crippen LogP contribution in [0.1, 0.15) is 34.9 Å². The summed E-state index contributed by atoms with van der Waals surface area (Å²) < 4.78 is 5.26. The Morgan fingerprint density at radius 2 is 2.41 bits per heavy atom. The Morgan fingerprint density at radius 3 is 3.18 bits per heavy atom. The van der Waals surface area contributed by atoms with Crippen molar-refractivity contribution in [1.82, 2.24) is 9.97 Å². The van der Waals surface area contributed by atoms with E-state index in [1.165, 1.54) is 16.7 Å². The Balaban J connectivity index is 2.00. The number of aromatic nitrogens is 2. The van der Waals surface area contributed by atoms with Crippen molar-refractivity contribution in [2.24, 2.45) is 0 Å². The Labute approximate surface area is 101 Å². The molecule has 0 fully saturated rings. The number of hydrogen-bond acceptors (Lipinski definition) is 2. The highest BCUT2D eigenvalue weighted by atomic mass is 16.5. The van der Waals surface area contributed by atoms with E-state index in [0.29, 0.717) is 12.5 Å². The van der Waals surface area contributed by atoms with Crippen LogP contribution < -0.4 is 0 Å². The molecule has 0 saturated heterocycles. The van der Waals surface area contributed by atoms with E-state index in [0.717, 1.165) is 18.7 Å². The Morgan fingerprint density at radius 1 is 1.47 bits per heavy atom. The van der Waals surface area contributed by atoms with E-state index in [-0.39, 0.29) is 0 Å². The fraction of sp³-hybridized carbons (Fsp3) is 0.357. The van der Waals surface area contributed by atoms with Crippen LogP contribution in [0.2, 0.25) is 0 Å². The number of ether oxygens (including phenoxy) is 1. The fourth-order valence-corrected chi connectivity index (χ4v) is 2.77. The molecule has 1 aliphatic rings. The van der Waals surface area contributed by atoms with Crippen molar-refractivity contribution in [3.8, 4) is 0 Å². The van der Waals surface area contributed by atoms with Gasteiger partial charge in [0.25, 0.3) is 0 Å². The van der Waals surface area contributed by atoms with Gasteiger partial charge >= 0.3 is 0 Å². The lowest BCUT2D eigenvalue weighted by atomic mass is 9.98. The van der Waals surface area contributed by atoms with Gasteiger partial charge in [0.1, 0.15) is 5.82 Å². The molecule has 3 rings (SSSR count). The predicted octanol–water partition coefficient (Wildman–Crippen LogP) is 2.63. The molecule has 1 aliphatic carbocycles. The fourth-order valence-electron chi connectivity index (χ4n) is 2.77. The zero-order valence-corrected chi connectivity index (χ0v) is 9.94. The van der Waals surface area contributed by atoms with Crippen molar-refractivity contribution in [1.29, 1.82) is 0 Å². The Hall–Kier alpha value is -1.61. The van der Waals surface area contributed by atoms with E-state index in [4.69, 9.17) is 4.74 Å². The van der Waals surface area contributed by atoms with Crippen LogP contribution in [0.25, 0.3) is 0 Å². The standard InChI is InChI=1S/C14H16N2O/c1-17-9-10-3-2-4-12-11(10)5-6-13(12)14-15-7-8-16-14/h2-4,7-8,13H,5-6,9H2,1H3,(H,15,16)/t13-/m1/s1. The van der Waals surface area contributed by atoms with Crippen molar-refractivity contribution >= 4 is 0 Å². The van der Waals surface area contributed by atoms with Gasteiger partial charge in [0, 0.05) is 25.4 Å². The molecule has 0 amide bonds. The second kappa shape index (κ2) is 4.34. The van der Waals surface area contributed by atoms with Crippen LogP contribution in [0.4, 0.5) is 0 Å². The Bertz CT molecular complexity index is 505. The molecular weight excluding hydrogens is 212 g/mol. The maximum absolute atomic E-state index is 5.26. The highest BCUT2D eigenvalue weighted by molar-refractivity contribution is 5.43. The van der Waals surface area contributed by atoms with Gasteiger partial charge in [-0.2, -0.15) is 0 Å². The summed E-state index contributed by atoms with van der Waals surface area (Å²) in [6, 6.07) is 6.50. The van der Waals surface area contributed by atoms with Gasteiger partial charge in [-0.25, -0.2) is 4.98 Å². The number of benzene rings is 1. The van der Waals surface area contributed by atoms with E-state index in [1.54, 1.807) is 7.11 Å². The largest absolute Gasteiger partial charge is 0.380 e. The summed E-state index contributed by atoms with van der Waals surface area (Å²) in [4.78, 5) is 7.62. The number of rotatable bonds is 3. The van der Waals surface area contributed by atoms with Crippen molar-refractivity contribution in [3.05, 3.63) is 53.1 Å². The number of imidazole rings is 1. The zero-order valence-electron chi connectivity index (χ0n) is 9.94. The highest BCUT2D eigenvalue weighted by Gasteiger charge is 2.27. The molecule has 88 valence electrons. The molecule has 0 bridgehead atoms. The predicted molar refractivity (Wildman–Crippen MR) is 65.9 cm³/mol. The van der Waals surface area contributed by atoms with Crippen molar-refractivity contribution in [2.75, 3.05) is 7.11 Å². The number of aromatic amines is 1. The van der Waals surface area contributed by atoms with E-state index in [2.05, 4.69) is 28.2 Å². The highest BCUT2D eigenvalue weighted by Crippen LogP contribution is 2.38. The first-order valence-electron chi connectivity index (χ1n) is 5.99. The maximum atomic E-state index is 5.26. The zero-order chi connectivity index (χ0) is 11.7. The lowest BCUT2D eigenvalue weighted by Gasteiger charge is -2.10. The molecule has 1 heterocycles. The first kappa shape index (κ1) is 10.5. The molecule has 2 aromatic rings.